The third-order valence-electron chi connectivity index (χ3n) is 2.37. The Morgan fingerprint density at radius 1 is 1.26 bits per heavy atom. The summed E-state index contributed by atoms with van der Waals surface area (Å²) in [5.41, 5.74) is 0. The molecule has 0 radical (unpaired) electrons. The maximum atomic E-state index is 11.9. The molecule has 0 aliphatic carbocycles. The second-order valence-electron chi connectivity index (χ2n) is 3.99. The number of phenolic OH excluding ortho intramolecular Hbond substituents is 1. The molecule has 1 amide bonds. The van der Waals surface area contributed by atoms with E-state index in [1.165, 1.54) is 16.7 Å². The summed E-state index contributed by atoms with van der Waals surface area (Å²) in [6.07, 6.45) is 0.725. The number of amides is 1. The van der Waals surface area contributed by atoms with Crippen LogP contribution in [0.15, 0.2) is 29.2 Å². The molecule has 6 heteroatoms. The van der Waals surface area contributed by atoms with Gasteiger partial charge in [0.15, 0.2) is 0 Å². The molecule has 0 bridgehead atoms. The molecule has 2 N–H and O–H groups in total. The molecule has 0 unspecified atom stereocenters. The van der Waals surface area contributed by atoms with E-state index in [4.69, 9.17) is 10.2 Å². The number of carboxylic acid groups (broad SMARTS) is 1. The van der Waals surface area contributed by atoms with E-state index >= 15 is 0 Å². The quantitative estimate of drug-likeness (QED) is 0.746. The largest absolute Gasteiger partial charge is 0.508 e. The molecule has 0 aliphatic heterocycles. The molecule has 0 aliphatic rings. The number of nitrogens with zero attached hydrogens (tertiary/aromatic N) is 1. The second kappa shape index (κ2) is 7.68. The van der Waals surface area contributed by atoms with E-state index < -0.39 is 5.97 Å². The summed E-state index contributed by atoms with van der Waals surface area (Å²) in [6.45, 7) is 2.08. The van der Waals surface area contributed by atoms with Crippen LogP contribution in [0.4, 0.5) is 0 Å². The van der Waals surface area contributed by atoms with Gasteiger partial charge in [0.05, 0.1) is 5.75 Å². The fourth-order valence-corrected chi connectivity index (χ4v) is 2.31. The molecule has 1 rings (SSSR count). The SMILES string of the molecule is CCCN(CC(=O)O)C(=O)CSc1ccc(O)cc1. The first-order valence-corrected chi connectivity index (χ1v) is 6.93. The average Bonchev–Trinajstić information content (AvgIpc) is 2.37. The number of carbonyl (C=O) groups is 2. The monoisotopic (exact) mass is 283 g/mol. The summed E-state index contributed by atoms with van der Waals surface area (Å²) in [4.78, 5) is 24.8. The Balaban J connectivity index is 2.51. The number of hydrogen-bond acceptors (Lipinski definition) is 4. The third kappa shape index (κ3) is 5.65. The summed E-state index contributed by atoms with van der Waals surface area (Å²) >= 11 is 1.32. The van der Waals surface area contributed by atoms with Crippen LogP contribution < -0.4 is 0 Å². The second-order valence-corrected chi connectivity index (χ2v) is 5.04. The predicted octanol–water partition coefficient (Wildman–Crippen LogP) is 1.81. The molecule has 1 aromatic carbocycles. The Kier molecular flexibility index (Phi) is 6.21. The molecular formula is C13H17NO4S. The van der Waals surface area contributed by atoms with Crippen molar-refractivity contribution in [2.45, 2.75) is 18.2 Å². The molecule has 0 spiro atoms. The molecule has 104 valence electrons. The van der Waals surface area contributed by atoms with Crippen molar-refractivity contribution in [3.63, 3.8) is 0 Å². The number of carboxylic acids is 1. The van der Waals surface area contributed by atoms with Gasteiger partial charge in [-0.25, -0.2) is 0 Å². The van der Waals surface area contributed by atoms with E-state index in [1.807, 2.05) is 6.92 Å². The molecule has 0 heterocycles. The Labute approximate surface area is 116 Å². The zero-order valence-electron chi connectivity index (χ0n) is 10.7. The van der Waals surface area contributed by atoms with Gasteiger partial charge >= 0.3 is 5.97 Å². The van der Waals surface area contributed by atoms with Gasteiger partial charge in [-0.15, -0.1) is 11.8 Å². The molecule has 0 saturated heterocycles. The van der Waals surface area contributed by atoms with Gasteiger partial charge in [-0.3, -0.25) is 9.59 Å². The Morgan fingerprint density at radius 3 is 2.42 bits per heavy atom. The lowest BCUT2D eigenvalue weighted by Gasteiger charge is -2.19. The summed E-state index contributed by atoms with van der Waals surface area (Å²) < 4.78 is 0. The van der Waals surface area contributed by atoms with Gasteiger partial charge in [0, 0.05) is 11.4 Å². The first-order valence-electron chi connectivity index (χ1n) is 5.94. The number of phenols is 1. The van der Waals surface area contributed by atoms with Gasteiger partial charge in [0.2, 0.25) is 5.91 Å². The fourth-order valence-electron chi connectivity index (χ4n) is 1.50. The predicted molar refractivity (Wildman–Crippen MR) is 73.3 cm³/mol. The van der Waals surface area contributed by atoms with Crippen LogP contribution in [0, 0.1) is 0 Å². The van der Waals surface area contributed by atoms with Crippen LogP contribution in [0.25, 0.3) is 0 Å². The van der Waals surface area contributed by atoms with E-state index in [0.29, 0.717) is 6.54 Å². The van der Waals surface area contributed by atoms with E-state index in [2.05, 4.69) is 0 Å². The highest BCUT2D eigenvalue weighted by molar-refractivity contribution is 8.00. The molecule has 0 fully saturated rings. The van der Waals surface area contributed by atoms with Gasteiger partial charge in [-0.05, 0) is 30.7 Å². The number of hydrogen-bond donors (Lipinski definition) is 2. The molecular weight excluding hydrogens is 266 g/mol. The fraction of sp³-hybridized carbons (Fsp3) is 0.385. The first kappa shape index (κ1) is 15.4. The highest BCUT2D eigenvalue weighted by atomic mass is 32.2. The van der Waals surface area contributed by atoms with Gasteiger partial charge in [0.25, 0.3) is 0 Å². The molecule has 5 nitrogen and oxygen atoms in total. The Hall–Kier alpha value is -1.69. The standard InChI is InChI=1S/C13H17NO4S/c1-2-7-14(8-13(17)18)12(16)9-19-11-5-3-10(15)4-6-11/h3-6,15H,2,7-9H2,1H3,(H,17,18). The van der Waals surface area contributed by atoms with E-state index in [1.54, 1.807) is 24.3 Å². The maximum absolute atomic E-state index is 11.9. The number of rotatable bonds is 7. The number of aromatic hydroxyl groups is 1. The Bertz CT molecular complexity index is 433. The van der Waals surface area contributed by atoms with Crippen molar-refractivity contribution in [1.29, 1.82) is 0 Å². The molecule has 19 heavy (non-hydrogen) atoms. The van der Waals surface area contributed by atoms with Gasteiger partial charge in [0.1, 0.15) is 12.3 Å². The van der Waals surface area contributed by atoms with Crippen molar-refractivity contribution >= 4 is 23.6 Å². The summed E-state index contributed by atoms with van der Waals surface area (Å²) in [5, 5.41) is 17.9. The van der Waals surface area contributed by atoms with Crippen molar-refractivity contribution in [3.8, 4) is 5.75 Å². The molecule has 0 atom stereocenters. The van der Waals surface area contributed by atoms with Crippen LogP contribution in [-0.2, 0) is 9.59 Å². The normalized spacial score (nSPS) is 10.2. The van der Waals surface area contributed by atoms with Crippen LogP contribution >= 0.6 is 11.8 Å². The lowest BCUT2D eigenvalue weighted by atomic mass is 10.3. The number of thioether (sulfide) groups is 1. The third-order valence-corrected chi connectivity index (χ3v) is 3.37. The van der Waals surface area contributed by atoms with Crippen LogP contribution in [0.5, 0.6) is 5.75 Å². The minimum Gasteiger partial charge on any atom is -0.508 e. The topological polar surface area (TPSA) is 77.8 Å². The van der Waals surface area contributed by atoms with Crippen LogP contribution in [0.3, 0.4) is 0 Å². The number of aliphatic carboxylic acids is 1. The highest BCUT2D eigenvalue weighted by Gasteiger charge is 2.15. The Morgan fingerprint density at radius 2 is 1.89 bits per heavy atom. The number of benzene rings is 1. The first-order chi connectivity index (χ1) is 9.02. The molecule has 0 saturated carbocycles. The van der Waals surface area contributed by atoms with E-state index in [-0.39, 0.29) is 24.0 Å². The summed E-state index contributed by atoms with van der Waals surface area (Å²) in [7, 11) is 0. The van der Waals surface area contributed by atoms with Crippen LogP contribution in [0.2, 0.25) is 0 Å². The van der Waals surface area contributed by atoms with Gasteiger partial charge in [-0.2, -0.15) is 0 Å². The number of carbonyl (C=O) groups excluding carboxylic acids is 1. The summed E-state index contributed by atoms with van der Waals surface area (Å²) in [6, 6.07) is 6.53. The van der Waals surface area contributed by atoms with Gasteiger partial charge in [-0.1, -0.05) is 6.92 Å². The average molecular weight is 283 g/mol. The zero-order valence-corrected chi connectivity index (χ0v) is 11.5. The van der Waals surface area contributed by atoms with Crippen molar-refractivity contribution < 1.29 is 19.8 Å². The maximum Gasteiger partial charge on any atom is 0.323 e. The minimum absolute atomic E-state index is 0.175. The van der Waals surface area contributed by atoms with E-state index in [9.17, 15) is 9.59 Å². The smallest absolute Gasteiger partial charge is 0.323 e. The zero-order chi connectivity index (χ0) is 14.3. The van der Waals surface area contributed by atoms with E-state index in [0.717, 1.165) is 11.3 Å². The summed E-state index contributed by atoms with van der Waals surface area (Å²) in [5.74, 6) is -0.828. The molecule has 1 aromatic rings. The van der Waals surface area contributed by atoms with Crippen molar-refractivity contribution in [2.75, 3.05) is 18.8 Å². The van der Waals surface area contributed by atoms with Crippen LogP contribution in [-0.4, -0.2) is 45.8 Å². The van der Waals surface area contributed by atoms with Crippen LogP contribution in [0.1, 0.15) is 13.3 Å². The van der Waals surface area contributed by atoms with Crippen molar-refractivity contribution in [2.24, 2.45) is 0 Å². The van der Waals surface area contributed by atoms with Crippen molar-refractivity contribution in [1.82, 2.24) is 4.90 Å². The van der Waals surface area contributed by atoms with Gasteiger partial charge < -0.3 is 15.1 Å². The lowest BCUT2D eigenvalue weighted by Crippen LogP contribution is -2.37. The van der Waals surface area contributed by atoms with Crippen molar-refractivity contribution in [3.05, 3.63) is 24.3 Å². The molecule has 0 aromatic heterocycles. The highest BCUT2D eigenvalue weighted by Crippen LogP contribution is 2.20. The lowest BCUT2D eigenvalue weighted by molar-refractivity contribution is -0.143. The minimum atomic E-state index is -1.00.